The van der Waals surface area contributed by atoms with Gasteiger partial charge in [0, 0.05) is 0 Å². The molecule has 0 aromatic heterocycles. The Morgan fingerprint density at radius 3 is 2.37 bits per heavy atom. The zero-order valence-corrected chi connectivity index (χ0v) is 10.9. The lowest BCUT2D eigenvalue weighted by atomic mass is 10.1. The standard InChI is InChI=1S/C15H19NO3/c16-19-10-9-17-7-8-18-12-13-5-6-14-3-1-2-4-15(14)11-13/h1-6,11H,7-10,12,16H2. The Morgan fingerprint density at radius 2 is 1.53 bits per heavy atom. The van der Waals surface area contributed by atoms with Crippen molar-refractivity contribution in [2.45, 2.75) is 6.61 Å². The highest BCUT2D eigenvalue weighted by Gasteiger charge is 1.97. The maximum atomic E-state index is 5.55. The molecule has 102 valence electrons. The van der Waals surface area contributed by atoms with Gasteiger partial charge in [-0.25, -0.2) is 5.90 Å². The highest BCUT2D eigenvalue weighted by Crippen LogP contribution is 2.15. The second-order valence-electron chi connectivity index (χ2n) is 4.22. The van der Waals surface area contributed by atoms with Crippen LogP contribution in [0.3, 0.4) is 0 Å². The lowest BCUT2D eigenvalue weighted by Crippen LogP contribution is -2.11. The molecule has 4 nitrogen and oxygen atoms in total. The molecule has 0 saturated heterocycles. The first-order valence-electron chi connectivity index (χ1n) is 6.35. The van der Waals surface area contributed by atoms with Gasteiger partial charge in [0.05, 0.1) is 33.0 Å². The van der Waals surface area contributed by atoms with E-state index in [1.54, 1.807) is 0 Å². The molecule has 0 atom stereocenters. The zero-order chi connectivity index (χ0) is 13.3. The van der Waals surface area contributed by atoms with E-state index in [4.69, 9.17) is 15.4 Å². The first kappa shape index (κ1) is 14.0. The zero-order valence-electron chi connectivity index (χ0n) is 10.9. The molecule has 2 N–H and O–H groups in total. The molecule has 0 radical (unpaired) electrons. The van der Waals surface area contributed by atoms with Crippen molar-refractivity contribution >= 4 is 10.8 Å². The van der Waals surface area contributed by atoms with Gasteiger partial charge in [-0.3, -0.25) is 0 Å². The first-order chi connectivity index (χ1) is 9.40. The van der Waals surface area contributed by atoms with E-state index in [2.05, 4.69) is 35.2 Å². The van der Waals surface area contributed by atoms with Crippen molar-refractivity contribution in [2.24, 2.45) is 5.90 Å². The van der Waals surface area contributed by atoms with Gasteiger partial charge in [-0.2, -0.15) is 0 Å². The average Bonchev–Trinajstić information content (AvgIpc) is 2.46. The lowest BCUT2D eigenvalue weighted by molar-refractivity contribution is 0.0103. The van der Waals surface area contributed by atoms with Crippen LogP contribution >= 0.6 is 0 Å². The van der Waals surface area contributed by atoms with Crippen LogP contribution in [0.25, 0.3) is 10.8 Å². The normalized spacial score (nSPS) is 11.0. The summed E-state index contributed by atoms with van der Waals surface area (Å²) in [6, 6.07) is 14.6. The van der Waals surface area contributed by atoms with E-state index >= 15 is 0 Å². The summed E-state index contributed by atoms with van der Waals surface area (Å²) in [5, 5.41) is 2.48. The van der Waals surface area contributed by atoms with Crippen molar-refractivity contribution in [1.29, 1.82) is 0 Å². The summed E-state index contributed by atoms with van der Waals surface area (Å²) in [7, 11) is 0. The van der Waals surface area contributed by atoms with E-state index in [1.165, 1.54) is 16.3 Å². The Labute approximate surface area is 113 Å². The molecule has 0 spiro atoms. The number of hydrogen-bond donors (Lipinski definition) is 1. The van der Waals surface area contributed by atoms with Crippen LogP contribution < -0.4 is 5.90 Å². The van der Waals surface area contributed by atoms with E-state index < -0.39 is 0 Å². The molecule has 0 bridgehead atoms. The highest BCUT2D eigenvalue weighted by atomic mass is 16.6. The fourth-order valence-corrected chi connectivity index (χ4v) is 1.85. The topological polar surface area (TPSA) is 53.7 Å². The van der Waals surface area contributed by atoms with Crippen molar-refractivity contribution in [3.05, 3.63) is 48.0 Å². The van der Waals surface area contributed by atoms with E-state index in [-0.39, 0.29) is 0 Å². The molecule has 0 unspecified atom stereocenters. The van der Waals surface area contributed by atoms with Crippen LogP contribution in [0.5, 0.6) is 0 Å². The number of hydrogen-bond acceptors (Lipinski definition) is 4. The Morgan fingerprint density at radius 1 is 0.789 bits per heavy atom. The van der Waals surface area contributed by atoms with Crippen LogP contribution in [0.4, 0.5) is 0 Å². The van der Waals surface area contributed by atoms with Gasteiger partial charge in [0.25, 0.3) is 0 Å². The minimum atomic E-state index is 0.407. The largest absolute Gasteiger partial charge is 0.377 e. The Balaban J connectivity index is 1.72. The number of benzene rings is 2. The summed E-state index contributed by atoms with van der Waals surface area (Å²) in [6.45, 7) is 2.62. The molecule has 2 aromatic carbocycles. The van der Waals surface area contributed by atoms with Gasteiger partial charge in [0.15, 0.2) is 0 Å². The van der Waals surface area contributed by atoms with Crippen molar-refractivity contribution in [3.63, 3.8) is 0 Å². The predicted octanol–water partition coefficient (Wildman–Crippen LogP) is 2.26. The number of nitrogens with two attached hydrogens (primary N) is 1. The quantitative estimate of drug-likeness (QED) is 0.585. The van der Waals surface area contributed by atoms with Crippen molar-refractivity contribution in [1.82, 2.24) is 0 Å². The summed E-state index contributed by atoms with van der Waals surface area (Å²) in [6.07, 6.45) is 0. The molecule has 0 aliphatic carbocycles. The van der Waals surface area contributed by atoms with Gasteiger partial charge in [-0.05, 0) is 22.4 Å². The second-order valence-corrected chi connectivity index (χ2v) is 4.22. The van der Waals surface area contributed by atoms with Gasteiger partial charge in [0.1, 0.15) is 0 Å². The fraction of sp³-hybridized carbons (Fsp3) is 0.333. The van der Waals surface area contributed by atoms with Crippen molar-refractivity contribution in [3.8, 4) is 0 Å². The second kappa shape index (κ2) is 7.86. The smallest absolute Gasteiger partial charge is 0.0913 e. The molecular formula is C15H19NO3. The Hall–Kier alpha value is -1.46. The first-order valence-corrected chi connectivity index (χ1v) is 6.35. The van der Waals surface area contributed by atoms with Gasteiger partial charge < -0.3 is 14.3 Å². The maximum Gasteiger partial charge on any atom is 0.0913 e. The third-order valence-electron chi connectivity index (χ3n) is 2.80. The molecule has 19 heavy (non-hydrogen) atoms. The summed E-state index contributed by atoms with van der Waals surface area (Å²) in [5.74, 6) is 4.88. The third-order valence-corrected chi connectivity index (χ3v) is 2.80. The van der Waals surface area contributed by atoms with Crippen LogP contribution in [0, 0.1) is 0 Å². The SMILES string of the molecule is NOCCOCCOCc1ccc2ccccc2c1. The fourth-order valence-electron chi connectivity index (χ4n) is 1.85. The monoisotopic (exact) mass is 261 g/mol. The van der Waals surface area contributed by atoms with Crippen LogP contribution in [0.15, 0.2) is 42.5 Å². The molecule has 2 rings (SSSR count). The van der Waals surface area contributed by atoms with Crippen molar-refractivity contribution < 1.29 is 14.3 Å². The van der Waals surface area contributed by atoms with Crippen LogP contribution in [0.2, 0.25) is 0 Å². The minimum Gasteiger partial charge on any atom is -0.377 e. The van der Waals surface area contributed by atoms with Crippen LogP contribution in [-0.4, -0.2) is 26.4 Å². The van der Waals surface area contributed by atoms with E-state index in [1.807, 2.05) is 12.1 Å². The average molecular weight is 261 g/mol. The van der Waals surface area contributed by atoms with Crippen molar-refractivity contribution in [2.75, 3.05) is 26.4 Å². The molecular weight excluding hydrogens is 242 g/mol. The number of fused-ring (bicyclic) bond motifs is 1. The van der Waals surface area contributed by atoms with Gasteiger partial charge >= 0.3 is 0 Å². The lowest BCUT2D eigenvalue weighted by Gasteiger charge is -2.06. The summed E-state index contributed by atoms with van der Waals surface area (Å²) in [5.41, 5.74) is 1.17. The van der Waals surface area contributed by atoms with Crippen LogP contribution in [0.1, 0.15) is 5.56 Å². The minimum absolute atomic E-state index is 0.407. The molecule has 4 heteroatoms. The van der Waals surface area contributed by atoms with Gasteiger partial charge in [-0.1, -0.05) is 36.4 Å². The Kier molecular flexibility index (Phi) is 5.78. The molecule has 0 amide bonds. The summed E-state index contributed by atoms with van der Waals surface area (Å²) < 4.78 is 10.8. The third kappa shape index (κ3) is 4.61. The summed E-state index contributed by atoms with van der Waals surface area (Å²) >= 11 is 0. The predicted molar refractivity (Wildman–Crippen MR) is 74.6 cm³/mol. The summed E-state index contributed by atoms with van der Waals surface area (Å²) in [4.78, 5) is 4.39. The highest BCUT2D eigenvalue weighted by molar-refractivity contribution is 5.82. The van der Waals surface area contributed by atoms with Crippen LogP contribution in [-0.2, 0) is 20.9 Å². The van der Waals surface area contributed by atoms with Gasteiger partial charge in [-0.15, -0.1) is 0 Å². The van der Waals surface area contributed by atoms with Gasteiger partial charge in [0.2, 0.25) is 0 Å². The number of rotatable bonds is 8. The molecule has 0 aliphatic heterocycles. The molecule has 2 aromatic rings. The molecule has 0 fully saturated rings. The maximum absolute atomic E-state index is 5.55. The van der Waals surface area contributed by atoms with E-state index in [9.17, 15) is 0 Å². The molecule has 0 heterocycles. The molecule has 0 aliphatic rings. The number of ether oxygens (including phenoxy) is 2. The van der Waals surface area contributed by atoms with E-state index in [0.29, 0.717) is 33.0 Å². The molecule has 0 saturated carbocycles. The Bertz CT molecular complexity index is 501. The van der Waals surface area contributed by atoms with E-state index in [0.717, 1.165) is 0 Å².